The molecule has 0 bridgehead atoms. The minimum Gasteiger partial charge on any atom is -0.550 e. The molecule has 3 heteroatoms. The number of hydrogen-bond acceptors (Lipinski definition) is 3. The second kappa shape index (κ2) is 4.66. The summed E-state index contributed by atoms with van der Waals surface area (Å²) in [6.07, 6.45) is 0.705. The number of carbonyl (C=O) groups excluding carboxylic acids is 1. The molecular formula is C13H16NO2-. The van der Waals surface area contributed by atoms with Crippen molar-refractivity contribution in [1.29, 1.82) is 0 Å². The summed E-state index contributed by atoms with van der Waals surface area (Å²) in [5.74, 6) is -1.23. The van der Waals surface area contributed by atoms with Crippen LogP contribution < -0.4 is 5.11 Å². The summed E-state index contributed by atoms with van der Waals surface area (Å²) in [4.78, 5) is 13.1. The smallest absolute Gasteiger partial charge is 0.0461 e. The summed E-state index contributed by atoms with van der Waals surface area (Å²) in [5, 5.41) is 10.9. The fourth-order valence-corrected chi connectivity index (χ4v) is 2.36. The van der Waals surface area contributed by atoms with Crippen LogP contribution in [-0.2, 0) is 11.3 Å². The molecule has 3 nitrogen and oxygen atoms in total. The minimum absolute atomic E-state index is 0.0743. The van der Waals surface area contributed by atoms with Gasteiger partial charge in [-0.15, -0.1) is 0 Å². The van der Waals surface area contributed by atoms with E-state index in [1.807, 2.05) is 25.1 Å². The molecule has 0 radical (unpaired) electrons. The number of hydrogen-bond donors (Lipinski definition) is 0. The van der Waals surface area contributed by atoms with Crippen molar-refractivity contribution in [1.82, 2.24) is 4.90 Å². The molecule has 0 aromatic heterocycles. The van der Waals surface area contributed by atoms with Crippen LogP contribution in [0.1, 0.15) is 18.9 Å². The van der Waals surface area contributed by atoms with Gasteiger partial charge in [-0.3, -0.25) is 4.90 Å². The first-order chi connectivity index (χ1) is 7.68. The molecule has 0 spiro atoms. The summed E-state index contributed by atoms with van der Waals surface area (Å²) in [6.45, 7) is 3.64. The van der Waals surface area contributed by atoms with Gasteiger partial charge >= 0.3 is 0 Å². The number of rotatable bonds is 3. The highest BCUT2D eigenvalue weighted by molar-refractivity contribution is 5.69. The van der Waals surface area contributed by atoms with Crippen molar-refractivity contribution in [3.8, 4) is 0 Å². The minimum atomic E-state index is -0.914. The first kappa shape index (κ1) is 11.1. The zero-order valence-corrected chi connectivity index (χ0v) is 9.43. The summed E-state index contributed by atoms with van der Waals surface area (Å²) >= 11 is 0. The Bertz CT molecular complexity index is 363. The van der Waals surface area contributed by atoms with E-state index in [2.05, 4.69) is 17.0 Å². The van der Waals surface area contributed by atoms with E-state index in [-0.39, 0.29) is 12.0 Å². The van der Waals surface area contributed by atoms with E-state index in [1.54, 1.807) is 0 Å². The van der Waals surface area contributed by atoms with Gasteiger partial charge in [0.2, 0.25) is 0 Å². The lowest BCUT2D eigenvalue weighted by Gasteiger charge is -2.25. The maximum atomic E-state index is 10.9. The summed E-state index contributed by atoms with van der Waals surface area (Å²) < 4.78 is 0. The van der Waals surface area contributed by atoms with E-state index in [1.165, 1.54) is 5.56 Å². The third kappa shape index (κ3) is 2.25. The number of carboxylic acid groups (broad SMARTS) is 1. The van der Waals surface area contributed by atoms with Crippen LogP contribution in [0, 0.1) is 5.92 Å². The van der Waals surface area contributed by atoms with Crippen molar-refractivity contribution in [3.63, 3.8) is 0 Å². The zero-order chi connectivity index (χ0) is 11.5. The first-order valence-corrected chi connectivity index (χ1v) is 5.67. The second-order valence-electron chi connectivity index (χ2n) is 4.41. The molecule has 2 rings (SSSR count). The van der Waals surface area contributed by atoms with E-state index in [0.717, 1.165) is 13.1 Å². The van der Waals surface area contributed by atoms with Crippen LogP contribution in [0.25, 0.3) is 0 Å². The molecule has 0 amide bonds. The van der Waals surface area contributed by atoms with Gasteiger partial charge in [-0.05, 0) is 25.5 Å². The largest absolute Gasteiger partial charge is 0.550 e. The van der Waals surface area contributed by atoms with Crippen LogP contribution in [0.15, 0.2) is 30.3 Å². The molecule has 1 aliphatic heterocycles. The van der Waals surface area contributed by atoms with E-state index in [0.29, 0.717) is 6.42 Å². The van der Waals surface area contributed by atoms with Gasteiger partial charge in [0.15, 0.2) is 0 Å². The maximum Gasteiger partial charge on any atom is 0.0461 e. The van der Waals surface area contributed by atoms with Crippen molar-refractivity contribution < 1.29 is 9.90 Å². The molecule has 0 saturated carbocycles. The summed E-state index contributed by atoms with van der Waals surface area (Å²) in [7, 11) is 0. The summed E-state index contributed by atoms with van der Waals surface area (Å²) in [5.41, 5.74) is 1.23. The monoisotopic (exact) mass is 218 g/mol. The highest BCUT2D eigenvalue weighted by Crippen LogP contribution is 2.25. The van der Waals surface area contributed by atoms with Crippen LogP contribution in [-0.4, -0.2) is 23.5 Å². The SMILES string of the molecule is CC1C(C(=O)[O-])CCN1Cc1ccccc1. The number of aliphatic carboxylic acids is 1. The Kier molecular flexibility index (Phi) is 3.25. The topological polar surface area (TPSA) is 43.4 Å². The average Bonchev–Trinajstić information content (AvgIpc) is 2.62. The van der Waals surface area contributed by atoms with Gasteiger partial charge in [0, 0.05) is 24.5 Å². The van der Waals surface area contributed by atoms with Crippen molar-refractivity contribution in [3.05, 3.63) is 35.9 Å². The molecule has 2 atom stereocenters. The molecule has 16 heavy (non-hydrogen) atoms. The van der Waals surface area contributed by atoms with E-state index in [4.69, 9.17) is 0 Å². The fourth-order valence-electron chi connectivity index (χ4n) is 2.36. The van der Waals surface area contributed by atoms with Gasteiger partial charge < -0.3 is 9.90 Å². The zero-order valence-electron chi connectivity index (χ0n) is 9.43. The van der Waals surface area contributed by atoms with Gasteiger partial charge in [0.05, 0.1) is 0 Å². The Hall–Kier alpha value is -1.35. The van der Waals surface area contributed by atoms with E-state index in [9.17, 15) is 9.90 Å². The van der Waals surface area contributed by atoms with Crippen LogP contribution in [0.2, 0.25) is 0 Å². The number of carbonyl (C=O) groups is 1. The number of benzene rings is 1. The third-order valence-electron chi connectivity index (χ3n) is 3.42. The highest BCUT2D eigenvalue weighted by atomic mass is 16.4. The van der Waals surface area contributed by atoms with Gasteiger partial charge in [0.25, 0.3) is 0 Å². The maximum absolute atomic E-state index is 10.9. The molecule has 1 saturated heterocycles. The van der Waals surface area contributed by atoms with E-state index < -0.39 is 5.97 Å². The predicted molar refractivity (Wildman–Crippen MR) is 59.4 cm³/mol. The Labute approximate surface area is 95.7 Å². The van der Waals surface area contributed by atoms with Crippen LogP contribution in [0.4, 0.5) is 0 Å². The molecule has 1 aromatic rings. The lowest BCUT2D eigenvalue weighted by molar-refractivity contribution is -0.312. The standard InChI is InChI=1S/C13H17NO2/c1-10-12(13(15)16)7-8-14(10)9-11-5-3-2-4-6-11/h2-6,10,12H,7-9H2,1H3,(H,15,16)/p-1. The van der Waals surface area contributed by atoms with Crippen molar-refractivity contribution >= 4 is 5.97 Å². The quantitative estimate of drug-likeness (QED) is 0.748. The molecular weight excluding hydrogens is 202 g/mol. The molecule has 1 heterocycles. The van der Waals surface area contributed by atoms with Crippen LogP contribution in [0.5, 0.6) is 0 Å². The molecule has 1 aromatic carbocycles. The Balaban J connectivity index is 2.00. The van der Waals surface area contributed by atoms with Crippen molar-refractivity contribution in [2.24, 2.45) is 5.92 Å². The molecule has 0 aliphatic carbocycles. The molecule has 86 valence electrons. The van der Waals surface area contributed by atoms with Gasteiger partial charge in [-0.2, -0.15) is 0 Å². The van der Waals surface area contributed by atoms with Gasteiger partial charge in [-0.1, -0.05) is 30.3 Å². The Morgan fingerprint density at radius 2 is 2.12 bits per heavy atom. The third-order valence-corrected chi connectivity index (χ3v) is 3.42. The predicted octanol–water partition coefficient (Wildman–Crippen LogP) is 0.647. The first-order valence-electron chi connectivity index (χ1n) is 5.67. The van der Waals surface area contributed by atoms with Crippen LogP contribution in [0.3, 0.4) is 0 Å². The van der Waals surface area contributed by atoms with Gasteiger partial charge in [0.1, 0.15) is 0 Å². The molecule has 1 aliphatic rings. The fraction of sp³-hybridized carbons (Fsp3) is 0.462. The number of carboxylic acids is 1. The van der Waals surface area contributed by atoms with Crippen molar-refractivity contribution in [2.75, 3.05) is 6.54 Å². The average molecular weight is 218 g/mol. The number of likely N-dealkylation sites (tertiary alicyclic amines) is 1. The Morgan fingerprint density at radius 1 is 1.44 bits per heavy atom. The van der Waals surface area contributed by atoms with Gasteiger partial charge in [-0.25, -0.2) is 0 Å². The highest BCUT2D eigenvalue weighted by Gasteiger charge is 2.31. The van der Waals surface area contributed by atoms with Crippen LogP contribution >= 0.6 is 0 Å². The lowest BCUT2D eigenvalue weighted by Crippen LogP contribution is -2.39. The number of nitrogens with zero attached hydrogens (tertiary/aromatic N) is 1. The molecule has 2 unspecified atom stereocenters. The normalized spacial score (nSPS) is 25.8. The lowest BCUT2D eigenvalue weighted by atomic mass is 10.0. The summed E-state index contributed by atoms with van der Waals surface area (Å²) in [6, 6.07) is 10.2. The molecule has 1 fully saturated rings. The second-order valence-corrected chi connectivity index (χ2v) is 4.41. The molecule has 0 N–H and O–H groups in total. The Morgan fingerprint density at radius 3 is 2.69 bits per heavy atom. The van der Waals surface area contributed by atoms with E-state index >= 15 is 0 Å². The van der Waals surface area contributed by atoms with Crippen molar-refractivity contribution in [2.45, 2.75) is 25.9 Å².